The lowest BCUT2D eigenvalue weighted by atomic mass is 10.1. The second-order valence-electron chi connectivity index (χ2n) is 6.10. The zero-order chi connectivity index (χ0) is 17.8. The smallest absolute Gasteiger partial charge is 0.255 e. The summed E-state index contributed by atoms with van der Waals surface area (Å²) in [5.74, 6) is 0.472. The van der Waals surface area contributed by atoms with Gasteiger partial charge in [0.1, 0.15) is 5.75 Å². The maximum atomic E-state index is 12.8. The molecule has 0 aliphatic heterocycles. The maximum Gasteiger partial charge on any atom is 0.255 e. The van der Waals surface area contributed by atoms with E-state index in [1.54, 1.807) is 18.4 Å². The van der Waals surface area contributed by atoms with Crippen molar-refractivity contribution in [2.75, 3.05) is 27.7 Å². The first-order valence-corrected chi connectivity index (χ1v) is 9.03. The number of ether oxygens (including phenoxy) is 1. The summed E-state index contributed by atoms with van der Waals surface area (Å²) in [6, 6.07) is 16.0. The van der Waals surface area contributed by atoms with Crippen LogP contribution in [-0.4, -0.2) is 38.6 Å². The number of fused-ring (bicyclic) bond motifs is 1. The van der Waals surface area contributed by atoms with Gasteiger partial charge in [0, 0.05) is 11.4 Å². The highest BCUT2D eigenvalue weighted by Crippen LogP contribution is 2.27. The number of carbonyl (C=O) groups is 1. The van der Waals surface area contributed by atoms with Gasteiger partial charge in [0.05, 0.1) is 18.7 Å². The van der Waals surface area contributed by atoms with Crippen molar-refractivity contribution in [3.8, 4) is 5.75 Å². The zero-order valence-electron chi connectivity index (χ0n) is 14.7. The van der Waals surface area contributed by atoms with Gasteiger partial charge in [-0.1, -0.05) is 30.3 Å². The minimum atomic E-state index is -0.119. The van der Waals surface area contributed by atoms with Crippen molar-refractivity contribution in [3.05, 3.63) is 64.4 Å². The molecule has 0 aliphatic rings. The number of rotatable bonds is 6. The largest absolute Gasteiger partial charge is 0.496 e. The average Bonchev–Trinajstić information content (AvgIpc) is 3.14. The molecule has 0 unspecified atom stereocenters. The van der Waals surface area contributed by atoms with Crippen LogP contribution in [0, 0.1) is 0 Å². The van der Waals surface area contributed by atoms with Crippen molar-refractivity contribution in [2.45, 2.75) is 6.04 Å². The third-order valence-corrected chi connectivity index (χ3v) is 5.24. The van der Waals surface area contributed by atoms with Crippen LogP contribution in [0.1, 0.15) is 21.3 Å². The molecule has 0 saturated heterocycles. The highest BCUT2D eigenvalue weighted by Gasteiger charge is 2.19. The molecular weight excluding hydrogens is 332 g/mol. The summed E-state index contributed by atoms with van der Waals surface area (Å²) in [6.07, 6.45) is 0. The van der Waals surface area contributed by atoms with E-state index in [2.05, 4.69) is 21.7 Å². The topological polar surface area (TPSA) is 41.6 Å². The lowest BCUT2D eigenvalue weighted by molar-refractivity contribution is 0.0939. The predicted molar refractivity (Wildman–Crippen MR) is 104 cm³/mol. The Balaban J connectivity index is 1.82. The molecule has 1 atom stereocenters. The van der Waals surface area contributed by atoms with Crippen molar-refractivity contribution < 1.29 is 9.53 Å². The van der Waals surface area contributed by atoms with Crippen LogP contribution < -0.4 is 10.1 Å². The number of hydrogen-bond donors (Lipinski definition) is 1. The van der Waals surface area contributed by atoms with Crippen LogP contribution in [0.2, 0.25) is 0 Å². The van der Waals surface area contributed by atoms with Crippen molar-refractivity contribution in [1.29, 1.82) is 0 Å². The second kappa shape index (κ2) is 7.68. The van der Waals surface area contributed by atoms with E-state index in [4.69, 9.17) is 4.74 Å². The SMILES string of the molecule is COc1cc2ccccc2cc1C(=O)NC[C@@H](c1cccs1)N(C)C. The summed E-state index contributed by atoms with van der Waals surface area (Å²) in [6.45, 7) is 0.544. The molecule has 0 fully saturated rings. The number of thiophene rings is 1. The van der Waals surface area contributed by atoms with Crippen LogP contribution in [0.4, 0.5) is 0 Å². The van der Waals surface area contributed by atoms with E-state index in [0.717, 1.165) is 10.8 Å². The van der Waals surface area contributed by atoms with Crippen LogP contribution in [-0.2, 0) is 0 Å². The third kappa shape index (κ3) is 3.83. The summed E-state index contributed by atoms with van der Waals surface area (Å²) in [5, 5.41) is 7.19. The highest BCUT2D eigenvalue weighted by atomic mass is 32.1. The number of hydrogen-bond acceptors (Lipinski definition) is 4. The Kier molecular flexibility index (Phi) is 5.36. The third-order valence-electron chi connectivity index (χ3n) is 4.26. The van der Waals surface area contributed by atoms with Gasteiger partial charge in [-0.2, -0.15) is 0 Å². The molecule has 3 rings (SSSR count). The van der Waals surface area contributed by atoms with Crippen LogP contribution in [0.15, 0.2) is 53.9 Å². The summed E-state index contributed by atoms with van der Waals surface area (Å²) in [7, 11) is 5.63. The van der Waals surface area contributed by atoms with E-state index < -0.39 is 0 Å². The van der Waals surface area contributed by atoms with E-state index in [9.17, 15) is 4.79 Å². The minimum Gasteiger partial charge on any atom is -0.496 e. The van der Waals surface area contributed by atoms with Crippen LogP contribution in [0.3, 0.4) is 0 Å². The molecular formula is C20H22N2O2S. The Hall–Kier alpha value is -2.37. The molecule has 1 amide bonds. The normalized spacial score (nSPS) is 12.3. The summed E-state index contributed by atoms with van der Waals surface area (Å²) < 4.78 is 5.43. The van der Waals surface area contributed by atoms with E-state index in [-0.39, 0.29) is 11.9 Å². The quantitative estimate of drug-likeness (QED) is 0.729. The van der Waals surface area contributed by atoms with E-state index in [1.807, 2.05) is 56.6 Å². The number of amides is 1. The van der Waals surface area contributed by atoms with Gasteiger partial charge in [-0.3, -0.25) is 4.79 Å². The molecule has 1 aromatic heterocycles. The van der Waals surface area contributed by atoms with E-state index >= 15 is 0 Å². The maximum absolute atomic E-state index is 12.8. The summed E-state index contributed by atoms with van der Waals surface area (Å²) in [5.41, 5.74) is 0.560. The fourth-order valence-electron chi connectivity index (χ4n) is 2.87. The Morgan fingerprint density at radius 3 is 2.48 bits per heavy atom. The minimum absolute atomic E-state index is 0.119. The fraction of sp³-hybridized carbons (Fsp3) is 0.250. The molecule has 0 saturated carbocycles. The average molecular weight is 354 g/mol. The van der Waals surface area contributed by atoms with Gasteiger partial charge < -0.3 is 15.0 Å². The zero-order valence-corrected chi connectivity index (χ0v) is 15.5. The number of carbonyl (C=O) groups excluding carboxylic acids is 1. The summed E-state index contributed by atoms with van der Waals surface area (Å²) >= 11 is 1.70. The molecule has 0 radical (unpaired) electrons. The lowest BCUT2D eigenvalue weighted by Gasteiger charge is -2.23. The molecule has 0 aliphatic carbocycles. The van der Waals surface area contributed by atoms with E-state index in [0.29, 0.717) is 17.9 Å². The molecule has 130 valence electrons. The molecule has 1 N–H and O–H groups in total. The van der Waals surface area contributed by atoms with Gasteiger partial charge >= 0.3 is 0 Å². The van der Waals surface area contributed by atoms with Gasteiger partial charge in [0.2, 0.25) is 0 Å². The van der Waals surface area contributed by atoms with Crippen LogP contribution in [0.5, 0.6) is 5.75 Å². The number of nitrogens with zero attached hydrogens (tertiary/aromatic N) is 1. The Morgan fingerprint density at radius 1 is 1.16 bits per heavy atom. The molecule has 0 spiro atoms. The Labute approximate surface area is 152 Å². The molecule has 0 bridgehead atoms. The van der Waals surface area contributed by atoms with Crippen molar-refractivity contribution >= 4 is 28.0 Å². The first-order chi connectivity index (χ1) is 12.1. The van der Waals surface area contributed by atoms with Gasteiger partial charge in [0.25, 0.3) is 5.91 Å². The monoisotopic (exact) mass is 354 g/mol. The Morgan fingerprint density at radius 2 is 1.88 bits per heavy atom. The molecule has 2 aromatic carbocycles. The number of methoxy groups -OCH3 is 1. The van der Waals surface area contributed by atoms with Crippen LogP contribution >= 0.6 is 11.3 Å². The Bertz CT molecular complexity index is 859. The molecule has 3 aromatic rings. The van der Waals surface area contributed by atoms with Crippen LogP contribution in [0.25, 0.3) is 10.8 Å². The number of benzene rings is 2. The van der Waals surface area contributed by atoms with E-state index in [1.165, 1.54) is 4.88 Å². The van der Waals surface area contributed by atoms with Gasteiger partial charge in [0.15, 0.2) is 0 Å². The lowest BCUT2D eigenvalue weighted by Crippen LogP contribution is -2.34. The molecule has 1 heterocycles. The fourth-order valence-corrected chi connectivity index (χ4v) is 3.79. The van der Waals surface area contributed by atoms with Crippen molar-refractivity contribution in [1.82, 2.24) is 10.2 Å². The molecule has 5 heteroatoms. The van der Waals surface area contributed by atoms with Gasteiger partial charge in [-0.05, 0) is 48.4 Å². The number of nitrogens with one attached hydrogen (secondary N) is 1. The summed E-state index contributed by atoms with van der Waals surface area (Å²) in [4.78, 5) is 16.1. The first kappa shape index (κ1) is 17.5. The second-order valence-corrected chi connectivity index (χ2v) is 7.08. The van der Waals surface area contributed by atoms with Crippen molar-refractivity contribution in [3.63, 3.8) is 0 Å². The standard InChI is InChI=1S/C20H22N2O2S/c1-22(2)17(19-9-6-10-25-19)13-21-20(23)16-11-14-7-4-5-8-15(14)12-18(16)24-3/h4-12,17H,13H2,1-3H3,(H,21,23)/t17-/m0/s1. The van der Waals surface area contributed by atoms with Gasteiger partial charge in [-0.25, -0.2) is 0 Å². The first-order valence-electron chi connectivity index (χ1n) is 8.15. The molecule has 25 heavy (non-hydrogen) atoms. The molecule has 4 nitrogen and oxygen atoms in total. The predicted octanol–water partition coefficient (Wildman–Crippen LogP) is 3.94. The van der Waals surface area contributed by atoms with Crippen molar-refractivity contribution in [2.24, 2.45) is 0 Å². The highest BCUT2D eigenvalue weighted by molar-refractivity contribution is 7.10. The van der Waals surface area contributed by atoms with Gasteiger partial charge in [-0.15, -0.1) is 11.3 Å². The number of likely N-dealkylation sites (N-methyl/N-ethyl adjacent to an activating group) is 1.